The molecule has 0 saturated heterocycles. The van der Waals surface area contributed by atoms with Crippen molar-refractivity contribution in [1.82, 2.24) is 9.78 Å². The highest BCUT2D eigenvalue weighted by Crippen LogP contribution is 2.47. The van der Waals surface area contributed by atoms with Gasteiger partial charge in [-0.05, 0) is 6.07 Å². The summed E-state index contributed by atoms with van der Waals surface area (Å²) >= 11 is 6.24. The Balaban J connectivity index is 2.72. The summed E-state index contributed by atoms with van der Waals surface area (Å²) in [4.78, 5) is 11.0. The highest BCUT2D eigenvalue weighted by Gasteiger charge is 2.23. The van der Waals surface area contributed by atoms with E-state index in [0.29, 0.717) is 5.69 Å². The molecule has 0 amide bonds. The second kappa shape index (κ2) is 5.53. The number of carboxylic acids is 1. The molecule has 2 aromatic rings. The molecule has 1 aromatic carbocycles. The number of phenolic OH excluding ortho intramolecular Hbond substituents is 1. The summed E-state index contributed by atoms with van der Waals surface area (Å²) in [5.41, 5.74) is 0.408. The molecule has 1 heterocycles. The predicted molar refractivity (Wildman–Crippen MR) is 75.4 cm³/mol. The van der Waals surface area contributed by atoms with Crippen LogP contribution < -0.4 is 9.47 Å². The number of carbonyl (C=O) groups is 1. The minimum atomic E-state index is -1.17. The van der Waals surface area contributed by atoms with Crippen molar-refractivity contribution in [2.45, 2.75) is 0 Å². The van der Waals surface area contributed by atoms with Gasteiger partial charge in [0.25, 0.3) is 0 Å². The number of ether oxygens (including phenoxy) is 2. The molecule has 0 spiro atoms. The third-order valence-corrected chi connectivity index (χ3v) is 3.31. The van der Waals surface area contributed by atoms with Crippen molar-refractivity contribution in [2.75, 3.05) is 14.2 Å². The van der Waals surface area contributed by atoms with Crippen molar-refractivity contribution in [3.63, 3.8) is 0 Å². The van der Waals surface area contributed by atoms with Crippen LogP contribution in [0.2, 0.25) is 5.02 Å². The zero-order valence-corrected chi connectivity index (χ0v) is 12.3. The molecule has 2 rings (SSSR count). The first-order valence-corrected chi connectivity index (χ1v) is 6.19. The van der Waals surface area contributed by atoms with Crippen LogP contribution in [0.3, 0.4) is 0 Å². The van der Waals surface area contributed by atoms with Gasteiger partial charge in [-0.2, -0.15) is 5.10 Å². The van der Waals surface area contributed by atoms with Gasteiger partial charge in [-0.1, -0.05) is 11.6 Å². The average molecular weight is 313 g/mol. The van der Waals surface area contributed by atoms with Gasteiger partial charge in [-0.3, -0.25) is 4.68 Å². The van der Waals surface area contributed by atoms with Gasteiger partial charge in [-0.25, -0.2) is 4.79 Å². The summed E-state index contributed by atoms with van der Waals surface area (Å²) in [7, 11) is 4.38. The Morgan fingerprint density at radius 2 is 2.00 bits per heavy atom. The summed E-state index contributed by atoms with van der Waals surface area (Å²) in [6, 6.07) is 2.66. The quantitative estimate of drug-likeness (QED) is 0.898. The lowest BCUT2D eigenvalue weighted by atomic mass is 10.1. The van der Waals surface area contributed by atoms with E-state index < -0.39 is 5.97 Å². The summed E-state index contributed by atoms with van der Waals surface area (Å²) < 4.78 is 11.6. The topological polar surface area (TPSA) is 93.8 Å². The van der Waals surface area contributed by atoms with Crippen molar-refractivity contribution in [3.05, 3.63) is 22.8 Å². The summed E-state index contributed by atoms with van der Waals surface area (Å²) in [6.45, 7) is 0. The smallest absolute Gasteiger partial charge is 0.356 e. The number of nitrogens with zero attached hydrogens (tertiary/aromatic N) is 2. The number of aromatic nitrogens is 2. The Kier molecular flexibility index (Phi) is 3.95. The highest BCUT2D eigenvalue weighted by molar-refractivity contribution is 6.35. The molecule has 0 radical (unpaired) electrons. The lowest BCUT2D eigenvalue weighted by molar-refractivity contribution is 0.0689. The summed E-state index contributed by atoms with van der Waals surface area (Å²) in [5.74, 6) is -0.833. The molecule has 7 nitrogen and oxygen atoms in total. The van der Waals surface area contributed by atoms with Crippen LogP contribution in [0.25, 0.3) is 11.3 Å². The number of rotatable bonds is 4. The van der Waals surface area contributed by atoms with Gasteiger partial charge >= 0.3 is 5.97 Å². The SMILES string of the molecule is COc1cc(O)c(-c2cc(C(=O)O)nn2C)c(Cl)c1OC. The Bertz CT molecular complexity index is 711. The fraction of sp³-hybridized carbons (Fsp3) is 0.231. The number of hydrogen-bond acceptors (Lipinski definition) is 5. The van der Waals surface area contributed by atoms with E-state index in [1.165, 1.54) is 31.0 Å². The number of aromatic carboxylic acids is 1. The van der Waals surface area contributed by atoms with E-state index in [4.69, 9.17) is 26.2 Å². The summed E-state index contributed by atoms with van der Waals surface area (Å²) in [5, 5.41) is 23.1. The number of methoxy groups -OCH3 is 2. The molecule has 112 valence electrons. The van der Waals surface area contributed by atoms with E-state index in [9.17, 15) is 9.90 Å². The second-order valence-corrected chi connectivity index (χ2v) is 4.54. The molecule has 0 atom stereocenters. The van der Waals surface area contributed by atoms with Gasteiger partial charge in [0.1, 0.15) is 5.75 Å². The first-order chi connectivity index (χ1) is 9.90. The van der Waals surface area contributed by atoms with Crippen molar-refractivity contribution in [1.29, 1.82) is 0 Å². The van der Waals surface area contributed by atoms with Crippen molar-refractivity contribution >= 4 is 17.6 Å². The molecule has 0 aliphatic rings. The van der Waals surface area contributed by atoms with Crippen molar-refractivity contribution in [2.24, 2.45) is 7.05 Å². The molecule has 1 aromatic heterocycles. The minimum Gasteiger partial charge on any atom is -0.507 e. The molecule has 0 saturated carbocycles. The van der Waals surface area contributed by atoms with E-state index in [0.717, 1.165) is 0 Å². The Labute approximate surface area is 125 Å². The zero-order chi connectivity index (χ0) is 15.7. The van der Waals surface area contributed by atoms with Crippen LogP contribution in [0.15, 0.2) is 12.1 Å². The van der Waals surface area contributed by atoms with E-state index in [2.05, 4.69) is 5.10 Å². The Hall–Kier alpha value is -2.41. The average Bonchev–Trinajstić information content (AvgIpc) is 2.80. The Morgan fingerprint density at radius 3 is 2.48 bits per heavy atom. The molecule has 0 bridgehead atoms. The number of phenols is 1. The van der Waals surface area contributed by atoms with Crippen LogP contribution in [-0.2, 0) is 7.05 Å². The normalized spacial score (nSPS) is 10.5. The number of hydrogen-bond donors (Lipinski definition) is 2. The standard InChI is InChI=1S/C13H13ClN2O5/c1-16-7(4-6(15-16)13(18)19)10-8(17)5-9(20-2)12(21-3)11(10)14/h4-5,17H,1-3H3,(H,18,19). The number of carboxylic acid groups (broad SMARTS) is 1. The molecule has 0 fully saturated rings. The maximum atomic E-state index is 11.0. The first-order valence-electron chi connectivity index (χ1n) is 5.81. The van der Waals surface area contributed by atoms with Crippen LogP contribution in [0.5, 0.6) is 17.2 Å². The number of aryl methyl sites for hydroxylation is 1. The fourth-order valence-electron chi connectivity index (χ4n) is 1.99. The maximum Gasteiger partial charge on any atom is 0.356 e. The van der Waals surface area contributed by atoms with E-state index >= 15 is 0 Å². The first kappa shape index (κ1) is 15.0. The fourth-order valence-corrected chi connectivity index (χ4v) is 2.35. The monoisotopic (exact) mass is 312 g/mol. The number of halogens is 1. The van der Waals surface area contributed by atoms with E-state index in [1.54, 1.807) is 7.05 Å². The van der Waals surface area contributed by atoms with Gasteiger partial charge < -0.3 is 19.7 Å². The third-order valence-electron chi connectivity index (χ3n) is 2.95. The van der Waals surface area contributed by atoms with Gasteiger partial charge in [-0.15, -0.1) is 0 Å². The Morgan fingerprint density at radius 1 is 1.33 bits per heavy atom. The molecule has 0 aliphatic carbocycles. The predicted octanol–water partition coefficient (Wildman–Crippen LogP) is 2.16. The van der Waals surface area contributed by atoms with Crippen molar-refractivity contribution < 1.29 is 24.5 Å². The highest BCUT2D eigenvalue weighted by atomic mass is 35.5. The molecular weight excluding hydrogens is 300 g/mol. The van der Waals surface area contributed by atoms with E-state index in [1.807, 2.05) is 0 Å². The van der Waals surface area contributed by atoms with Gasteiger partial charge in [0.2, 0.25) is 0 Å². The third kappa shape index (κ3) is 2.47. The zero-order valence-electron chi connectivity index (χ0n) is 11.5. The molecule has 8 heteroatoms. The van der Waals surface area contributed by atoms with Gasteiger partial charge in [0.15, 0.2) is 17.2 Å². The summed E-state index contributed by atoms with van der Waals surface area (Å²) in [6.07, 6.45) is 0. The minimum absolute atomic E-state index is 0.106. The van der Waals surface area contributed by atoms with E-state index in [-0.39, 0.29) is 33.5 Å². The van der Waals surface area contributed by atoms with Gasteiger partial charge in [0, 0.05) is 13.1 Å². The molecule has 0 aliphatic heterocycles. The van der Waals surface area contributed by atoms with Crippen LogP contribution in [0, 0.1) is 0 Å². The molecule has 2 N–H and O–H groups in total. The van der Waals surface area contributed by atoms with Crippen molar-refractivity contribution in [3.8, 4) is 28.5 Å². The molecule has 0 unspecified atom stereocenters. The van der Waals surface area contributed by atoms with Crippen LogP contribution in [0.1, 0.15) is 10.5 Å². The largest absolute Gasteiger partial charge is 0.507 e. The lowest BCUT2D eigenvalue weighted by Gasteiger charge is -2.14. The lowest BCUT2D eigenvalue weighted by Crippen LogP contribution is -2.00. The maximum absolute atomic E-state index is 11.0. The number of aromatic hydroxyl groups is 1. The van der Waals surface area contributed by atoms with Crippen LogP contribution in [0.4, 0.5) is 0 Å². The van der Waals surface area contributed by atoms with Crippen LogP contribution in [-0.4, -0.2) is 40.2 Å². The van der Waals surface area contributed by atoms with Crippen LogP contribution >= 0.6 is 11.6 Å². The second-order valence-electron chi connectivity index (χ2n) is 4.16. The van der Waals surface area contributed by atoms with Gasteiger partial charge in [0.05, 0.1) is 30.5 Å². The molecule has 21 heavy (non-hydrogen) atoms. The molecular formula is C13H13ClN2O5. The number of benzene rings is 1.